The molecule has 1 aromatic rings. The largest absolute Gasteiger partial charge is 0.491 e. The van der Waals surface area contributed by atoms with Crippen molar-refractivity contribution < 1.29 is 23.8 Å². The molecule has 0 aliphatic heterocycles. The van der Waals surface area contributed by atoms with Crippen LogP contribution in [0.2, 0.25) is 0 Å². The lowest BCUT2D eigenvalue weighted by Crippen LogP contribution is -2.25. The van der Waals surface area contributed by atoms with Crippen molar-refractivity contribution >= 4 is 11.8 Å². The topological polar surface area (TPSA) is 135 Å². The van der Waals surface area contributed by atoms with Crippen molar-refractivity contribution in [3.05, 3.63) is 40.3 Å². The van der Waals surface area contributed by atoms with Gasteiger partial charge in [-0.15, -0.1) is 0 Å². The number of hydrogen-bond acceptors (Lipinski definition) is 6. The number of benzene rings is 1. The minimum atomic E-state index is -0.864. The minimum Gasteiger partial charge on any atom is -0.491 e. The molecule has 0 aliphatic carbocycles. The Hall–Kier alpha value is -2.81. The van der Waals surface area contributed by atoms with Crippen molar-refractivity contribution in [2.45, 2.75) is 6.23 Å². The number of nitrogens with zero attached hydrogens (tertiary/aromatic N) is 3. The summed E-state index contributed by atoms with van der Waals surface area (Å²) in [7, 11) is 3.05. The highest BCUT2D eigenvalue weighted by molar-refractivity contribution is 5.94. The van der Waals surface area contributed by atoms with E-state index in [1.165, 1.54) is 14.1 Å². The zero-order valence-corrected chi connectivity index (χ0v) is 14.1. The summed E-state index contributed by atoms with van der Waals surface area (Å²) >= 11 is 0. The molecule has 0 bridgehead atoms. The van der Waals surface area contributed by atoms with Crippen LogP contribution in [0.3, 0.4) is 0 Å². The fraction of sp³-hybridized carbons (Fsp3) is 0.467. The van der Waals surface area contributed by atoms with E-state index in [0.717, 1.165) is 0 Å². The van der Waals surface area contributed by atoms with Crippen molar-refractivity contribution in [3.8, 4) is 5.75 Å². The number of hydrogen-bond donors (Lipinski definition) is 2. The number of azide groups is 1. The number of rotatable bonds is 11. The number of carbonyl (C=O) groups is 2. The molecular weight excluding hydrogens is 330 g/mol. The molecule has 1 atom stereocenters. The minimum absolute atomic E-state index is 0.0310. The maximum Gasteiger partial charge on any atom is 0.251 e. The lowest BCUT2D eigenvalue weighted by Gasteiger charge is -2.14. The van der Waals surface area contributed by atoms with Gasteiger partial charge in [-0.2, -0.15) is 0 Å². The van der Waals surface area contributed by atoms with Crippen molar-refractivity contribution in [2.75, 3.05) is 40.5 Å². The molecule has 1 rings (SSSR count). The van der Waals surface area contributed by atoms with Crippen molar-refractivity contribution in [1.29, 1.82) is 0 Å². The maximum absolute atomic E-state index is 11.6. The Morgan fingerprint density at radius 3 is 2.76 bits per heavy atom. The predicted molar refractivity (Wildman–Crippen MR) is 89.1 cm³/mol. The van der Waals surface area contributed by atoms with E-state index in [2.05, 4.69) is 20.7 Å². The maximum atomic E-state index is 11.6. The lowest BCUT2D eigenvalue weighted by molar-refractivity contribution is -0.126. The first-order chi connectivity index (χ1) is 12.1. The Kier molecular flexibility index (Phi) is 9.46. The second-order valence-electron chi connectivity index (χ2n) is 4.67. The van der Waals surface area contributed by atoms with Gasteiger partial charge in [0.1, 0.15) is 19.0 Å². The highest BCUT2D eigenvalue weighted by Crippen LogP contribution is 2.14. The van der Waals surface area contributed by atoms with E-state index < -0.39 is 6.23 Å². The third-order valence-corrected chi connectivity index (χ3v) is 2.95. The van der Waals surface area contributed by atoms with Gasteiger partial charge in [-0.25, -0.2) is 0 Å². The first-order valence-electron chi connectivity index (χ1n) is 7.49. The van der Waals surface area contributed by atoms with Crippen LogP contribution in [0.1, 0.15) is 10.4 Å². The number of likely N-dealkylation sites (N-methyl/N-ethyl adjacent to an activating group) is 1. The fourth-order valence-electron chi connectivity index (χ4n) is 1.69. The van der Waals surface area contributed by atoms with E-state index in [9.17, 15) is 9.59 Å². The van der Waals surface area contributed by atoms with Crippen LogP contribution in [-0.4, -0.2) is 58.6 Å². The van der Waals surface area contributed by atoms with E-state index in [0.29, 0.717) is 11.3 Å². The predicted octanol–water partition coefficient (Wildman–Crippen LogP) is 0.841. The third kappa shape index (κ3) is 8.02. The Labute approximate surface area is 145 Å². The molecule has 2 amide bonds. The van der Waals surface area contributed by atoms with Crippen molar-refractivity contribution in [2.24, 2.45) is 5.11 Å². The molecule has 136 valence electrons. The summed E-state index contributed by atoms with van der Waals surface area (Å²) in [6, 6.07) is 6.57. The molecule has 1 aromatic carbocycles. The molecule has 0 aliphatic rings. The van der Waals surface area contributed by atoms with Gasteiger partial charge in [-0.1, -0.05) is 11.2 Å². The van der Waals surface area contributed by atoms with Crippen molar-refractivity contribution in [1.82, 2.24) is 10.6 Å². The van der Waals surface area contributed by atoms with Gasteiger partial charge in [-0.05, 0) is 23.7 Å². The van der Waals surface area contributed by atoms with Crippen LogP contribution in [0.25, 0.3) is 10.4 Å². The van der Waals surface area contributed by atoms with Crippen LogP contribution in [0.4, 0.5) is 0 Å². The molecule has 2 N–H and O–H groups in total. The average Bonchev–Trinajstić information content (AvgIpc) is 2.64. The number of ether oxygens (including phenoxy) is 3. The van der Waals surface area contributed by atoms with E-state index in [1.807, 2.05) is 0 Å². The number of nitrogens with one attached hydrogen (secondary N) is 2. The van der Waals surface area contributed by atoms with Gasteiger partial charge in [0.2, 0.25) is 5.91 Å². The summed E-state index contributed by atoms with van der Waals surface area (Å²) in [5.41, 5.74) is 9.02. The number of amides is 2. The standard InChI is InChI=1S/C15H21N5O5/c1-17-13(21)9-23-6-7-24-14(19-20-16)10-25-12-5-3-4-11(8-12)15(22)18-2/h3-5,8,14H,6-7,9-10H2,1-2H3,(H,17,21)(H,18,22). The molecule has 0 heterocycles. The quantitative estimate of drug-likeness (QED) is 0.264. The Balaban J connectivity index is 2.44. The van der Waals surface area contributed by atoms with E-state index in [1.54, 1.807) is 24.3 Å². The fourth-order valence-corrected chi connectivity index (χ4v) is 1.69. The highest BCUT2D eigenvalue weighted by atomic mass is 16.6. The highest BCUT2D eigenvalue weighted by Gasteiger charge is 2.10. The van der Waals surface area contributed by atoms with Gasteiger partial charge in [0.05, 0.1) is 13.2 Å². The summed E-state index contributed by atoms with van der Waals surface area (Å²) in [6.07, 6.45) is -0.864. The van der Waals surface area contributed by atoms with Gasteiger partial charge in [-0.3, -0.25) is 9.59 Å². The van der Waals surface area contributed by atoms with E-state index >= 15 is 0 Å². The molecule has 0 saturated carbocycles. The van der Waals surface area contributed by atoms with Gasteiger partial charge in [0, 0.05) is 24.6 Å². The average molecular weight is 351 g/mol. The monoisotopic (exact) mass is 351 g/mol. The van der Waals surface area contributed by atoms with Crippen molar-refractivity contribution in [3.63, 3.8) is 0 Å². The van der Waals surface area contributed by atoms with E-state index in [-0.39, 0.29) is 38.2 Å². The molecule has 0 fully saturated rings. The Bertz CT molecular complexity index is 618. The summed E-state index contributed by atoms with van der Waals surface area (Å²) in [5, 5.41) is 8.42. The van der Waals surface area contributed by atoms with Crippen LogP contribution >= 0.6 is 0 Å². The zero-order valence-electron chi connectivity index (χ0n) is 14.1. The second-order valence-corrected chi connectivity index (χ2v) is 4.67. The van der Waals surface area contributed by atoms with Crippen LogP contribution in [0.5, 0.6) is 5.75 Å². The summed E-state index contributed by atoms with van der Waals surface area (Å²) < 4.78 is 15.9. The molecule has 10 heteroatoms. The molecule has 0 aromatic heterocycles. The third-order valence-electron chi connectivity index (χ3n) is 2.95. The SMILES string of the molecule is CNC(=O)COCCOC(COc1cccc(C(=O)NC)c1)N=[N+]=[N-]. The summed E-state index contributed by atoms with van der Waals surface area (Å²) in [5.74, 6) is -0.0359. The smallest absolute Gasteiger partial charge is 0.251 e. The van der Waals surface area contributed by atoms with Gasteiger partial charge < -0.3 is 24.8 Å². The van der Waals surface area contributed by atoms with Crippen LogP contribution in [0.15, 0.2) is 29.4 Å². The van der Waals surface area contributed by atoms with Gasteiger partial charge in [0.25, 0.3) is 5.91 Å². The first-order valence-corrected chi connectivity index (χ1v) is 7.49. The van der Waals surface area contributed by atoms with E-state index in [4.69, 9.17) is 19.7 Å². The van der Waals surface area contributed by atoms with Gasteiger partial charge >= 0.3 is 0 Å². The lowest BCUT2D eigenvalue weighted by atomic mass is 10.2. The van der Waals surface area contributed by atoms with Crippen LogP contribution in [0, 0.1) is 0 Å². The normalized spacial score (nSPS) is 11.1. The first kappa shape index (κ1) is 20.2. The van der Waals surface area contributed by atoms with Crippen LogP contribution < -0.4 is 15.4 Å². The summed E-state index contributed by atoms with van der Waals surface area (Å²) in [6.45, 7) is 0.185. The molecule has 10 nitrogen and oxygen atoms in total. The van der Waals surface area contributed by atoms with Gasteiger partial charge in [0.15, 0.2) is 6.23 Å². The molecule has 25 heavy (non-hydrogen) atoms. The molecule has 1 unspecified atom stereocenters. The molecule has 0 radical (unpaired) electrons. The Morgan fingerprint density at radius 1 is 1.28 bits per heavy atom. The molecule has 0 spiro atoms. The number of carbonyl (C=O) groups excluding carboxylic acids is 2. The zero-order chi connectivity index (χ0) is 18.5. The Morgan fingerprint density at radius 2 is 2.08 bits per heavy atom. The molecule has 0 saturated heterocycles. The summed E-state index contributed by atoms with van der Waals surface area (Å²) in [4.78, 5) is 25.3. The van der Waals surface area contributed by atoms with Crippen LogP contribution in [-0.2, 0) is 14.3 Å². The second kappa shape index (κ2) is 11.7. The molecular formula is C15H21N5O5.